The molecule has 0 spiro atoms. The van der Waals surface area contributed by atoms with E-state index in [0.29, 0.717) is 41.1 Å². The zero-order valence-electron chi connectivity index (χ0n) is 35.2. The average Bonchev–Trinajstić information content (AvgIpc) is 3.98. The van der Waals surface area contributed by atoms with E-state index in [0.717, 1.165) is 68.3 Å². The van der Waals surface area contributed by atoms with Crippen LogP contribution in [0.2, 0.25) is 0 Å². The predicted octanol–water partition coefficient (Wildman–Crippen LogP) is 9.20. The van der Waals surface area contributed by atoms with Gasteiger partial charge in [-0.2, -0.15) is 15.2 Å². The van der Waals surface area contributed by atoms with Gasteiger partial charge in [0, 0.05) is 44.2 Å². The molecule has 2 aliphatic carbocycles. The molecule has 0 radical (unpaired) electrons. The van der Waals surface area contributed by atoms with Gasteiger partial charge in [0.05, 0.1) is 22.9 Å². The van der Waals surface area contributed by atoms with Crippen LogP contribution in [0, 0.1) is 42.4 Å². The molecule has 2 fully saturated rings. The lowest BCUT2D eigenvalue weighted by Crippen LogP contribution is -2.16. The van der Waals surface area contributed by atoms with Crippen molar-refractivity contribution in [2.24, 2.45) is 35.5 Å². The SMILES string of the molecule is C.C.CC(C)COCC1CC1.CC(C)CS(=O)(=O)CC1CC1.CC(C)Cc1ncccn1.CC(C)c1nc(CS(C)(=O)=O)no1.Cc1ccc(CC(C)C)nn1. The minimum absolute atomic E-state index is 0. The number of aromatic nitrogens is 6. The topological polar surface area (TPSA) is 168 Å². The van der Waals surface area contributed by atoms with E-state index in [1.165, 1.54) is 12.8 Å². The summed E-state index contributed by atoms with van der Waals surface area (Å²) >= 11 is 0. The minimum Gasteiger partial charge on any atom is -0.381 e. The van der Waals surface area contributed by atoms with Crippen molar-refractivity contribution in [3.8, 4) is 0 Å². The largest absolute Gasteiger partial charge is 0.381 e. The summed E-state index contributed by atoms with van der Waals surface area (Å²) in [5, 5.41) is 11.6. The van der Waals surface area contributed by atoms with Gasteiger partial charge in [-0.05, 0) is 92.7 Å². The van der Waals surface area contributed by atoms with Gasteiger partial charge in [-0.3, -0.25) is 0 Å². The lowest BCUT2D eigenvalue weighted by molar-refractivity contribution is 0.101. The van der Waals surface area contributed by atoms with Crippen molar-refractivity contribution in [2.75, 3.05) is 31.0 Å². The molecule has 0 N–H and O–H groups in total. The second-order valence-electron chi connectivity index (χ2n) is 16.6. The Balaban J connectivity index is 0. The van der Waals surface area contributed by atoms with E-state index in [4.69, 9.17) is 9.26 Å². The van der Waals surface area contributed by atoms with Crippen molar-refractivity contribution in [3.05, 3.63) is 59.5 Å². The molecule has 2 saturated carbocycles. The molecule has 0 saturated heterocycles. The van der Waals surface area contributed by atoms with E-state index < -0.39 is 19.7 Å². The fraction of sp³-hybridized carbons (Fsp3) is 0.762. The number of aryl methyl sites for hydroxylation is 1. The van der Waals surface area contributed by atoms with Crippen molar-refractivity contribution < 1.29 is 26.1 Å². The van der Waals surface area contributed by atoms with Crippen LogP contribution in [0.25, 0.3) is 0 Å². The van der Waals surface area contributed by atoms with Gasteiger partial charge < -0.3 is 9.26 Å². The molecule has 3 aromatic heterocycles. The van der Waals surface area contributed by atoms with Crippen LogP contribution < -0.4 is 0 Å². The number of rotatable bonds is 15. The third kappa shape index (κ3) is 32.3. The lowest BCUT2D eigenvalue weighted by Gasteiger charge is -2.04. The molecule has 14 heteroatoms. The number of ether oxygens (including phenoxy) is 1. The summed E-state index contributed by atoms with van der Waals surface area (Å²) in [4.78, 5) is 12.2. The Bertz CT molecular complexity index is 1610. The van der Waals surface area contributed by atoms with E-state index in [-0.39, 0.29) is 38.3 Å². The Morgan fingerprint density at radius 2 is 1.32 bits per heavy atom. The summed E-state index contributed by atoms with van der Waals surface area (Å²) in [5.74, 6) is 6.10. The monoisotopic (exact) mass is 827 g/mol. The predicted molar refractivity (Wildman–Crippen MR) is 231 cm³/mol. The summed E-state index contributed by atoms with van der Waals surface area (Å²) in [7, 11) is -5.79. The molecule has 0 aromatic carbocycles. The Morgan fingerprint density at radius 1 is 0.750 bits per heavy atom. The first-order valence-corrected chi connectivity index (χ1v) is 23.4. The molecule has 324 valence electrons. The second-order valence-corrected chi connectivity index (χ2v) is 20.9. The highest BCUT2D eigenvalue weighted by Crippen LogP contribution is 2.31. The van der Waals surface area contributed by atoms with E-state index in [2.05, 4.69) is 71.8 Å². The Kier molecular flexibility index (Phi) is 28.2. The molecule has 3 aromatic rings. The summed E-state index contributed by atoms with van der Waals surface area (Å²) < 4.78 is 54.6. The number of sulfone groups is 2. The van der Waals surface area contributed by atoms with Crippen LogP contribution in [-0.4, -0.2) is 78.1 Å². The first-order valence-electron chi connectivity index (χ1n) is 19.5. The van der Waals surface area contributed by atoms with Crippen LogP contribution >= 0.6 is 0 Å². The maximum Gasteiger partial charge on any atom is 0.229 e. The van der Waals surface area contributed by atoms with Crippen molar-refractivity contribution in [1.82, 2.24) is 30.3 Å². The third-order valence-electron chi connectivity index (χ3n) is 7.33. The third-order valence-corrected chi connectivity index (χ3v) is 10.3. The van der Waals surface area contributed by atoms with Crippen LogP contribution in [0.5, 0.6) is 0 Å². The molecule has 5 rings (SSSR count). The fourth-order valence-corrected chi connectivity index (χ4v) is 7.31. The lowest BCUT2D eigenvalue weighted by atomic mass is 10.1. The highest BCUT2D eigenvalue weighted by Gasteiger charge is 2.28. The van der Waals surface area contributed by atoms with Crippen LogP contribution in [0.4, 0.5) is 0 Å². The van der Waals surface area contributed by atoms with E-state index in [1.54, 1.807) is 12.4 Å². The van der Waals surface area contributed by atoms with Crippen LogP contribution in [-0.2, 0) is 43.0 Å². The van der Waals surface area contributed by atoms with Gasteiger partial charge in [-0.15, -0.1) is 0 Å². The Labute approximate surface area is 342 Å². The molecule has 0 unspecified atom stereocenters. The highest BCUT2D eigenvalue weighted by atomic mass is 32.2. The van der Waals surface area contributed by atoms with E-state index in [9.17, 15) is 16.8 Å². The van der Waals surface area contributed by atoms with Gasteiger partial charge in [0.2, 0.25) is 5.89 Å². The molecule has 0 amide bonds. The van der Waals surface area contributed by atoms with Crippen molar-refractivity contribution in [3.63, 3.8) is 0 Å². The molecule has 3 heterocycles. The summed E-state index contributed by atoms with van der Waals surface area (Å²) in [6, 6.07) is 5.89. The molecule has 0 aliphatic heterocycles. The van der Waals surface area contributed by atoms with Gasteiger partial charge in [-0.1, -0.05) is 89.2 Å². The fourth-order valence-electron chi connectivity index (χ4n) is 4.52. The maximum atomic E-state index is 11.3. The maximum absolute atomic E-state index is 11.3. The van der Waals surface area contributed by atoms with Crippen molar-refractivity contribution in [2.45, 2.75) is 141 Å². The molecule has 56 heavy (non-hydrogen) atoms. The molecular weight excluding hydrogens is 749 g/mol. The van der Waals surface area contributed by atoms with E-state index in [1.807, 2.05) is 52.8 Å². The second kappa shape index (κ2) is 28.5. The van der Waals surface area contributed by atoms with Gasteiger partial charge in [0.15, 0.2) is 25.5 Å². The summed E-state index contributed by atoms with van der Waals surface area (Å²) in [6.45, 7) is 24.7. The molecule has 12 nitrogen and oxygen atoms in total. The average molecular weight is 827 g/mol. The standard InChI is InChI=1S/C9H14N2.C8H12N2.C8H16O2S.C8H16O.C7H12N2O3S.2CH4/c1-7(2)6-9-5-4-8(3)10-11-9;1-7(2)6-8-9-4-3-5-10-8;1-7(2)5-11(9,10)6-8-3-4-8;1-7(2)5-9-6-8-3-4-8;1-5(2)7-8-6(9-12-7)4-13(3,10)11;;/h4-5,7H,6H2,1-3H3;3-5,7H,6H2,1-2H3;7-8H,3-6H2,1-2H3;7-8H,3-6H2,1-2H3;5H,4H2,1-3H3;2*1H4. The Hall–Kier alpha value is -2.84. The van der Waals surface area contributed by atoms with Gasteiger partial charge >= 0.3 is 0 Å². The van der Waals surface area contributed by atoms with Crippen LogP contribution in [0.3, 0.4) is 0 Å². The van der Waals surface area contributed by atoms with Gasteiger partial charge in [0.25, 0.3) is 0 Å². The number of hydrogen-bond donors (Lipinski definition) is 0. The number of hydrogen-bond acceptors (Lipinski definition) is 12. The van der Waals surface area contributed by atoms with Crippen LogP contribution in [0.15, 0.2) is 35.1 Å². The smallest absolute Gasteiger partial charge is 0.229 e. The highest BCUT2D eigenvalue weighted by molar-refractivity contribution is 7.91. The first-order chi connectivity index (χ1) is 25.1. The Morgan fingerprint density at radius 3 is 1.73 bits per heavy atom. The van der Waals surface area contributed by atoms with Crippen LogP contribution in [0.1, 0.15) is 145 Å². The zero-order chi connectivity index (χ0) is 40.9. The van der Waals surface area contributed by atoms with Crippen molar-refractivity contribution >= 4 is 19.7 Å². The molecule has 0 bridgehead atoms. The summed E-state index contributed by atoms with van der Waals surface area (Å²) in [6.07, 6.45) is 11.7. The van der Waals surface area contributed by atoms with E-state index >= 15 is 0 Å². The van der Waals surface area contributed by atoms with Crippen molar-refractivity contribution in [1.29, 1.82) is 0 Å². The normalized spacial score (nSPS) is 13.6. The minimum atomic E-state index is -3.07. The molecule has 0 atom stereocenters. The van der Waals surface area contributed by atoms with Gasteiger partial charge in [0.1, 0.15) is 11.6 Å². The zero-order valence-corrected chi connectivity index (χ0v) is 36.8. The summed E-state index contributed by atoms with van der Waals surface area (Å²) in [5.41, 5.74) is 2.07. The number of nitrogens with zero attached hydrogens (tertiary/aromatic N) is 6. The molecular formula is C42H78N6O6S2. The molecule has 2 aliphatic rings. The van der Waals surface area contributed by atoms with Gasteiger partial charge in [-0.25, -0.2) is 26.8 Å². The first kappa shape index (κ1) is 55.3. The quantitative estimate of drug-likeness (QED) is 0.143.